The molecule has 13 heavy (non-hydrogen) atoms. The highest BCUT2D eigenvalue weighted by Gasteiger charge is 2.23. The Kier molecular flexibility index (Phi) is 2.00. The van der Waals surface area contributed by atoms with Gasteiger partial charge in [-0.1, -0.05) is 0 Å². The molecule has 0 fully saturated rings. The normalized spacial score (nSPS) is 18.8. The maximum Gasteiger partial charge on any atom is 0.238 e. The van der Waals surface area contributed by atoms with Gasteiger partial charge in [-0.2, -0.15) is 0 Å². The SMILES string of the molecule is CC1Oc2ccc(Br)c(C=N)c2O1. The van der Waals surface area contributed by atoms with Gasteiger partial charge >= 0.3 is 0 Å². The van der Waals surface area contributed by atoms with Crippen molar-refractivity contribution >= 4 is 22.1 Å². The van der Waals surface area contributed by atoms with E-state index in [1.807, 2.05) is 19.1 Å². The first-order valence-corrected chi connectivity index (χ1v) is 4.68. The lowest BCUT2D eigenvalue weighted by molar-refractivity contribution is 0.0678. The van der Waals surface area contributed by atoms with Gasteiger partial charge in [0.25, 0.3) is 0 Å². The lowest BCUT2D eigenvalue weighted by Gasteiger charge is -2.02. The van der Waals surface area contributed by atoms with Gasteiger partial charge in [0.1, 0.15) is 0 Å². The van der Waals surface area contributed by atoms with E-state index in [4.69, 9.17) is 14.9 Å². The molecule has 1 aliphatic rings. The smallest absolute Gasteiger partial charge is 0.238 e. The van der Waals surface area contributed by atoms with Gasteiger partial charge < -0.3 is 14.9 Å². The molecule has 1 N–H and O–H groups in total. The second kappa shape index (κ2) is 3.03. The predicted molar refractivity (Wildman–Crippen MR) is 52.7 cm³/mol. The Balaban J connectivity index is 2.58. The van der Waals surface area contributed by atoms with E-state index in [0.29, 0.717) is 11.5 Å². The van der Waals surface area contributed by atoms with Crippen LogP contribution in [0.2, 0.25) is 0 Å². The Morgan fingerprint density at radius 3 is 2.92 bits per heavy atom. The summed E-state index contributed by atoms with van der Waals surface area (Å²) in [6.07, 6.45) is 0.993. The molecule has 0 bridgehead atoms. The highest BCUT2D eigenvalue weighted by Crippen LogP contribution is 2.40. The second-order valence-electron chi connectivity index (χ2n) is 2.74. The van der Waals surface area contributed by atoms with Crippen molar-refractivity contribution < 1.29 is 9.47 Å². The number of halogens is 1. The minimum absolute atomic E-state index is 0.261. The highest BCUT2D eigenvalue weighted by atomic mass is 79.9. The molecule has 1 aromatic carbocycles. The van der Waals surface area contributed by atoms with Crippen molar-refractivity contribution in [3.63, 3.8) is 0 Å². The lowest BCUT2D eigenvalue weighted by Crippen LogP contribution is -2.11. The van der Waals surface area contributed by atoms with Gasteiger partial charge in [-0.05, 0) is 28.1 Å². The average molecular weight is 242 g/mol. The molecule has 1 atom stereocenters. The number of benzene rings is 1. The molecule has 1 aromatic rings. The van der Waals surface area contributed by atoms with Crippen molar-refractivity contribution in [2.45, 2.75) is 13.2 Å². The molecule has 1 unspecified atom stereocenters. The van der Waals surface area contributed by atoms with Crippen LogP contribution in [-0.2, 0) is 0 Å². The Bertz CT molecular complexity index is 365. The third kappa shape index (κ3) is 1.31. The quantitative estimate of drug-likeness (QED) is 0.769. The summed E-state index contributed by atoms with van der Waals surface area (Å²) in [6.45, 7) is 1.82. The van der Waals surface area contributed by atoms with Crippen LogP contribution in [0.4, 0.5) is 0 Å². The van der Waals surface area contributed by atoms with Crippen LogP contribution >= 0.6 is 15.9 Å². The van der Waals surface area contributed by atoms with Crippen molar-refractivity contribution in [3.05, 3.63) is 22.2 Å². The van der Waals surface area contributed by atoms with Crippen LogP contribution in [0, 0.1) is 5.41 Å². The van der Waals surface area contributed by atoms with Gasteiger partial charge in [-0.3, -0.25) is 0 Å². The minimum Gasteiger partial charge on any atom is -0.451 e. The summed E-state index contributed by atoms with van der Waals surface area (Å²) in [7, 11) is 0. The van der Waals surface area contributed by atoms with Gasteiger partial charge in [-0.15, -0.1) is 0 Å². The fraction of sp³-hybridized carbons (Fsp3) is 0.222. The fourth-order valence-corrected chi connectivity index (χ4v) is 1.70. The molecule has 1 aliphatic heterocycles. The van der Waals surface area contributed by atoms with E-state index in [1.165, 1.54) is 6.21 Å². The van der Waals surface area contributed by atoms with E-state index in [-0.39, 0.29) is 6.29 Å². The summed E-state index contributed by atoms with van der Waals surface area (Å²) in [5.41, 5.74) is 0.724. The standard InChI is InChI=1S/C9H8BrNO2/c1-5-12-8-3-2-7(10)6(4-11)9(8)13-5/h2-5,11H,1H3. The zero-order valence-corrected chi connectivity index (χ0v) is 8.59. The average Bonchev–Trinajstić information content (AvgIpc) is 2.45. The van der Waals surface area contributed by atoms with E-state index in [2.05, 4.69) is 15.9 Å². The van der Waals surface area contributed by atoms with E-state index in [1.54, 1.807) is 0 Å². The van der Waals surface area contributed by atoms with Gasteiger partial charge in [0, 0.05) is 17.6 Å². The van der Waals surface area contributed by atoms with Crippen LogP contribution in [0.1, 0.15) is 12.5 Å². The molecule has 0 amide bonds. The third-order valence-corrected chi connectivity index (χ3v) is 2.52. The summed E-state index contributed by atoms with van der Waals surface area (Å²) in [5.74, 6) is 1.35. The lowest BCUT2D eigenvalue weighted by atomic mass is 10.2. The molecular formula is C9H8BrNO2. The molecule has 0 saturated heterocycles. The Hall–Kier alpha value is -1.03. The summed E-state index contributed by atoms with van der Waals surface area (Å²) < 4.78 is 11.6. The summed E-state index contributed by atoms with van der Waals surface area (Å²) >= 11 is 3.34. The van der Waals surface area contributed by atoms with Crippen molar-refractivity contribution in [2.75, 3.05) is 0 Å². The van der Waals surface area contributed by atoms with Crippen LogP contribution in [0.15, 0.2) is 16.6 Å². The fourth-order valence-electron chi connectivity index (χ4n) is 1.27. The maximum atomic E-state index is 7.23. The number of nitrogens with one attached hydrogen (secondary N) is 1. The van der Waals surface area contributed by atoms with E-state index in [0.717, 1.165) is 10.0 Å². The van der Waals surface area contributed by atoms with Crippen molar-refractivity contribution in [1.29, 1.82) is 5.41 Å². The molecule has 4 heteroatoms. The Labute approximate surface area is 84.3 Å². The molecule has 0 saturated carbocycles. The van der Waals surface area contributed by atoms with Crippen molar-refractivity contribution in [1.82, 2.24) is 0 Å². The Morgan fingerprint density at radius 1 is 1.46 bits per heavy atom. The first kappa shape index (κ1) is 8.56. The first-order chi connectivity index (χ1) is 6.22. The van der Waals surface area contributed by atoms with Gasteiger partial charge in [-0.25, -0.2) is 0 Å². The topological polar surface area (TPSA) is 42.3 Å². The van der Waals surface area contributed by atoms with E-state index >= 15 is 0 Å². The number of fused-ring (bicyclic) bond motifs is 1. The monoisotopic (exact) mass is 241 g/mol. The molecule has 1 heterocycles. The zero-order chi connectivity index (χ0) is 9.42. The Morgan fingerprint density at radius 2 is 2.23 bits per heavy atom. The van der Waals surface area contributed by atoms with Crippen LogP contribution in [0.3, 0.4) is 0 Å². The number of hydrogen-bond acceptors (Lipinski definition) is 3. The van der Waals surface area contributed by atoms with Crippen LogP contribution in [0.5, 0.6) is 11.5 Å². The molecule has 0 spiro atoms. The molecule has 3 nitrogen and oxygen atoms in total. The zero-order valence-electron chi connectivity index (χ0n) is 7.00. The summed E-state index contributed by atoms with van der Waals surface area (Å²) in [5, 5.41) is 7.23. The van der Waals surface area contributed by atoms with Crippen molar-refractivity contribution in [3.8, 4) is 11.5 Å². The second-order valence-corrected chi connectivity index (χ2v) is 3.59. The predicted octanol–water partition coefficient (Wildman–Crippen LogP) is 2.56. The van der Waals surface area contributed by atoms with Crippen LogP contribution < -0.4 is 9.47 Å². The first-order valence-electron chi connectivity index (χ1n) is 3.88. The number of hydrogen-bond donors (Lipinski definition) is 1. The number of rotatable bonds is 1. The highest BCUT2D eigenvalue weighted by molar-refractivity contribution is 9.10. The number of ether oxygens (including phenoxy) is 2. The van der Waals surface area contributed by atoms with Gasteiger partial charge in [0.15, 0.2) is 11.5 Å². The molecule has 2 rings (SSSR count). The summed E-state index contributed by atoms with van der Waals surface area (Å²) in [4.78, 5) is 0. The largest absolute Gasteiger partial charge is 0.451 e. The van der Waals surface area contributed by atoms with E-state index in [9.17, 15) is 0 Å². The minimum atomic E-state index is -0.261. The molecule has 68 valence electrons. The molecule has 0 aliphatic carbocycles. The van der Waals surface area contributed by atoms with Gasteiger partial charge in [0.2, 0.25) is 6.29 Å². The van der Waals surface area contributed by atoms with E-state index < -0.39 is 0 Å². The van der Waals surface area contributed by atoms with Crippen LogP contribution in [-0.4, -0.2) is 12.5 Å². The molecule has 0 radical (unpaired) electrons. The van der Waals surface area contributed by atoms with Gasteiger partial charge in [0.05, 0.1) is 5.56 Å². The van der Waals surface area contributed by atoms with Crippen molar-refractivity contribution in [2.24, 2.45) is 0 Å². The molecule has 0 aromatic heterocycles. The third-order valence-electron chi connectivity index (χ3n) is 1.83. The summed E-state index contributed by atoms with van der Waals surface area (Å²) in [6, 6.07) is 3.68. The maximum absolute atomic E-state index is 7.23. The molecular weight excluding hydrogens is 234 g/mol. The van der Waals surface area contributed by atoms with Crippen LogP contribution in [0.25, 0.3) is 0 Å².